The van der Waals surface area contributed by atoms with Crippen molar-refractivity contribution in [2.24, 2.45) is 0 Å². The van der Waals surface area contributed by atoms with E-state index in [0.717, 1.165) is 4.44 Å². The van der Waals surface area contributed by atoms with E-state index >= 15 is 0 Å². The van der Waals surface area contributed by atoms with Crippen LogP contribution < -0.4 is 12.1 Å². The van der Waals surface area contributed by atoms with Gasteiger partial charge in [-0.05, 0) is 0 Å². The Morgan fingerprint density at radius 2 is 1.39 bits per heavy atom. The molecule has 0 N–H and O–H groups in total. The van der Waals surface area contributed by atoms with Crippen LogP contribution in [0.5, 0.6) is 0 Å². The molecule has 1 fully saturated rings. The number of thiocarbonyl (C=S) groups is 1. The van der Waals surface area contributed by atoms with Crippen LogP contribution in [0, 0.1) is 0 Å². The first-order chi connectivity index (χ1) is 15.0. The standard InChI is InChI=1S/C23H17N3O2SSeTe/c1-24-21(27)15(22(28)25(2)23(24)29)13-14-11-12-20(30-14)26-16-7-3-5-9-18(16)31-19-10-6-4-8-17(19)26/h3-13H,1-2H3. The Morgan fingerprint density at radius 3 is 1.97 bits per heavy atom. The minimum atomic E-state index is -0.430. The fourth-order valence-corrected chi connectivity index (χ4v) is 8.84. The molecule has 0 bridgehead atoms. The molecule has 5 rings (SSSR count). The Morgan fingerprint density at radius 1 is 0.839 bits per heavy atom. The molecule has 1 saturated heterocycles. The summed E-state index contributed by atoms with van der Waals surface area (Å²) >= 11 is 4.71. The van der Waals surface area contributed by atoms with Gasteiger partial charge in [-0.1, -0.05) is 0 Å². The maximum atomic E-state index is 12.7. The van der Waals surface area contributed by atoms with Crippen LogP contribution in [-0.2, 0) is 9.59 Å². The molecule has 1 aromatic heterocycles. The van der Waals surface area contributed by atoms with Crippen LogP contribution in [0.1, 0.15) is 4.44 Å². The minimum absolute atomic E-state index is 0.0409. The Balaban J connectivity index is 1.57. The van der Waals surface area contributed by atoms with Crippen molar-refractivity contribution in [3.8, 4) is 0 Å². The van der Waals surface area contributed by atoms with Crippen LogP contribution >= 0.6 is 12.2 Å². The zero-order valence-corrected chi connectivity index (χ0v) is 21.6. The number of hydrogen-bond donors (Lipinski definition) is 0. The molecule has 2 amide bonds. The molecule has 2 aliphatic rings. The Hall–Kier alpha value is -2.20. The number of amides is 2. The van der Waals surface area contributed by atoms with Gasteiger partial charge in [0.25, 0.3) is 0 Å². The first kappa shape index (κ1) is 20.7. The Kier molecular flexibility index (Phi) is 5.37. The van der Waals surface area contributed by atoms with Gasteiger partial charge in [0, 0.05) is 0 Å². The number of likely N-dealkylation sites (N-methyl/N-ethyl adjacent to an activating group) is 2. The summed E-state index contributed by atoms with van der Waals surface area (Å²) in [4.78, 5) is 30.4. The summed E-state index contributed by atoms with van der Waals surface area (Å²) < 4.78 is 5.03. The van der Waals surface area contributed by atoms with Crippen molar-refractivity contribution in [3.63, 3.8) is 0 Å². The van der Waals surface area contributed by atoms with Crippen LogP contribution in [0.15, 0.2) is 66.2 Å². The van der Waals surface area contributed by atoms with Gasteiger partial charge in [0.1, 0.15) is 0 Å². The van der Waals surface area contributed by atoms with Crippen LogP contribution in [0.4, 0.5) is 15.9 Å². The molecule has 0 unspecified atom stereocenters. The monoisotopic (exact) mass is 609 g/mol. The van der Waals surface area contributed by atoms with E-state index in [0.29, 0.717) is 0 Å². The summed E-state index contributed by atoms with van der Waals surface area (Å²) in [7, 11) is 3.20. The average molecular weight is 606 g/mol. The van der Waals surface area contributed by atoms with Gasteiger partial charge in [0.15, 0.2) is 0 Å². The van der Waals surface area contributed by atoms with Crippen LogP contribution in [-0.4, -0.2) is 76.2 Å². The number of nitrogens with zero attached hydrogens (tertiary/aromatic N) is 3. The summed E-state index contributed by atoms with van der Waals surface area (Å²) in [6.07, 6.45) is 1.74. The third kappa shape index (κ3) is 3.49. The van der Waals surface area contributed by atoms with Gasteiger partial charge in [-0.25, -0.2) is 0 Å². The number of carbonyl (C=O) groups excluding carboxylic acids is 2. The second kappa shape index (κ2) is 8.05. The second-order valence-electron chi connectivity index (χ2n) is 7.12. The number of benzene rings is 2. The summed E-state index contributed by atoms with van der Waals surface area (Å²) in [5.74, 6) is -0.699. The first-order valence-corrected chi connectivity index (χ1v) is 14.0. The zero-order valence-electron chi connectivity index (χ0n) is 16.7. The van der Waals surface area contributed by atoms with E-state index in [1.54, 1.807) is 20.2 Å². The molecule has 31 heavy (non-hydrogen) atoms. The molecule has 154 valence electrons. The number of hydrogen-bond acceptors (Lipinski definition) is 4. The van der Waals surface area contributed by atoms with Gasteiger partial charge in [-0.15, -0.1) is 0 Å². The van der Waals surface area contributed by atoms with Gasteiger partial charge in [0.2, 0.25) is 0 Å². The molecular weight excluding hydrogens is 589 g/mol. The van der Waals surface area contributed by atoms with Gasteiger partial charge in [-0.3, -0.25) is 0 Å². The predicted octanol–water partition coefficient (Wildman–Crippen LogP) is 1.78. The third-order valence-corrected chi connectivity index (χ3v) is 11.1. The van der Waals surface area contributed by atoms with Gasteiger partial charge in [-0.2, -0.15) is 0 Å². The Bertz CT molecular complexity index is 1210. The molecule has 2 aromatic carbocycles. The van der Waals surface area contributed by atoms with Crippen molar-refractivity contribution in [2.45, 2.75) is 0 Å². The van der Waals surface area contributed by atoms with E-state index in [-0.39, 0.29) is 37.0 Å². The number of anilines is 3. The van der Waals surface area contributed by atoms with Gasteiger partial charge in [0.05, 0.1) is 0 Å². The molecule has 2 aliphatic heterocycles. The molecule has 0 aliphatic carbocycles. The molecule has 5 nitrogen and oxygen atoms in total. The van der Waals surface area contributed by atoms with Crippen molar-refractivity contribution in [1.82, 2.24) is 9.80 Å². The van der Waals surface area contributed by atoms with E-state index in [9.17, 15) is 9.59 Å². The normalized spacial score (nSPS) is 15.9. The molecular formula is C23H17N3O2SSeTe. The SMILES string of the molecule is CN1C(=O)C(=Cc2ccc(N3c4ccccc4[Te]c4ccccc43)[se]2)C(=O)N(C)C1=S. The fourth-order valence-electron chi connectivity index (χ4n) is 3.60. The van der Waals surface area contributed by atoms with Gasteiger partial charge < -0.3 is 0 Å². The van der Waals surface area contributed by atoms with Crippen molar-refractivity contribution in [3.05, 3.63) is 70.7 Å². The maximum absolute atomic E-state index is 12.7. The van der Waals surface area contributed by atoms with E-state index < -0.39 is 20.9 Å². The average Bonchev–Trinajstić information content (AvgIpc) is 3.25. The molecule has 3 heterocycles. The van der Waals surface area contributed by atoms with Crippen molar-refractivity contribution < 1.29 is 9.59 Å². The fraction of sp³-hybridized carbons (Fsp3) is 0.0870. The van der Waals surface area contributed by atoms with E-state index in [2.05, 4.69) is 59.5 Å². The quantitative estimate of drug-likeness (QED) is 0.151. The van der Waals surface area contributed by atoms with E-state index in [1.807, 2.05) is 6.07 Å². The topological polar surface area (TPSA) is 43.9 Å². The van der Waals surface area contributed by atoms with Crippen molar-refractivity contribution in [1.29, 1.82) is 0 Å². The molecule has 0 atom stereocenters. The Labute approximate surface area is 201 Å². The van der Waals surface area contributed by atoms with Crippen LogP contribution in [0.25, 0.3) is 6.08 Å². The molecule has 0 saturated carbocycles. The number of carbonyl (C=O) groups is 2. The number of para-hydroxylation sites is 2. The van der Waals surface area contributed by atoms with E-state index in [1.165, 1.54) is 33.0 Å². The van der Waals surface area contributed by atoms with E-state index in [4.69, 9.17) is 12.2 Å². The summed E-state index contributed by atoms with van der Waals surface area (Å²) in [5, 5.41) is 0.224. The first-order valence-electron chi connectivity index (χ1n) is 9.53. The molecule has 3 aromatic rings. The summed E-state index contributed by atoms with van der Waals surface area (Å²) in [6.45, 7) is 0. The van der Waals surface area contributed by atoms with Crippen LogP contribution in [0.2, 0.25) is 0 Å². The summed E-state index contributed by atoms with van der Waals surface area (Å²) in [5.41, 5.74) is 2.65. The van der Waals surface area contributed by atoms with Crippen LogP contribution in [0.3, 0.4) is 0 Å². The number of rotatable bonds is 2. The summed E-state index contributed by atoms with van der Waals surface area (Å²) in [6, 6.07) is 21.3. The van der Waals surface area contributed by atoms with Gasteiger partial charge >= 0.3 is 203 Å². The van der Waals surface area contributed by atoms with Crippen molar-refractivity contribution >= 4 is 93.8 Å². The van der Waals surface area contributed by atoms with Crippen molar-refractivity contribution in [2.75, 3.05) is 19.0 Å². The molecule has 0 spiro atoms. The third-order valence-electron chi connectivity index (χ3n) is 5.20. The second-order valence-corrected chi connectivity index (χ2v) is 12.9. The molecule has 8 heteroatoms. The predicted molar refractivity (Wildman–Crippen MR) is 129 cm³/mol. The zero-order chi connectivity index (χ0) is 21.7. The molecule has 0 radical (unpaired) electrons. The number of fused-ring (bicyclic) bond motifs is 2.